The zero-order chi connectivity index (χ0) is 17.6. The van der Waals surface area contributed by atoms with Crippen LogP contribution in [0, 0.1) is 0 Å². The topological polar surface area (TPSA) is 49.4 Å². The van der Waals surface area contributed by atoms with Gasteiger partial charge in [-0.3, -0.25) is 9.59 Å². The highest BCUT2D eigenvalue weighted by Crippen LogP contribution is 2.14. The highest BCUT2D eigenvalue weighted by Gasteiger charge is 2.30. The van der Waals surface area contributed by atoms with Crippen LogP contribution >= 0.6 is 0 Å². The molecule has 2 aromatic carbocycles. The van der Waals surface area contributed by atoms with Gasteiger partial charge in [-0.15, -0.1) is 0 Å². The van der Waals surface area contributed by atoms with Crippen molar-refractivity contribution in [1.29, 1.82) is 0 Å². The summed E-state index contributed by atoms with van der Waals surface area (Å²) in [5, 5.41) is 2.96. The molecule has 1 aliphatic rings. The Kier molecular flexibility index (Phi) is 5.29. The van der Waals surface area contributed by atoms with E-state index in [1.807, 2.05) is 35.2 Å². The quantitative estimate of drug-likeness (QED) is 0.883. The molecule has 0 aromatic heterocycles. The molecule has 1 aliphatic heterocycles. The Morgan fingerprint density at radius 2 is 1.88 bits per heavy atom. The van der Waals surface area contributed by atoms with E-state index in [4.69, 9.17) is 0 Å². The van der Waals surface area contributed by atoms with Crippen LogP contribution in [0.5, 0.6) is 0 Å². The second-order valence-electron chi connectivity index (χ2n) is 6.28. The van der Waals surface area contributed by atoms with Crippen molar-refractivity contribution >= 4 is 17.9 Å². The van der Waals surface area contributed by atoms with Crippen LogP contribution in [0.4, 0.5) is 0 Å². The Bertz CT molecular complexity index is 753. The van der Waals surface area contributed by atoms with Gasteiger partial charge in [0.1, 0.15) is 0 Å². The molecule has 0 aliphatic carbocycles. The van der Waals surface area contributed by atoms with Crippen LogP contribution in [-0.4, -0.2) is 35.8 Å². The van der Waals surface area contributed by atoms with Crippen molar-refractivity contribution in [3.63, 3.8) is 0 Å². The Hall–Kier alpha value is -2.88. The third kappa shape index (κ3) is 4.35. The Labute approximate surface area is 148 Å². The number of carbonyl (C=O) groups excluding carboxylic acids is 2. The molecule has 1 heterocycles. The third-order valence-corrected chi connectivity index (χ3v) is 4.47. The van der Waals surface area contributed by atoms with Crippen molar-refractivity contribution in [2.24, 2.45) is 0 Å². The van der Waals surface area contributed by atoms with E-state index in [-0.39, 0.29) is 17.9 Å². The van der Waals surface area contributed by atoms with E-state index in [1.54, 1.807) is 18.2 Å². The minimum atomic E-state index is -0.140. The van der Waals surface area contributed by atoms with Crippen molar-refractivity contribution in [2.75, 3.05) is 13.1 Å². The van der Waals surface area contributed by atoms with Crippen LogP contribution in [0.3, 0.4) is 0 Å². The summed E-state index contributed by atoms with van der Waals surface area (Å²) in [6.45, 7) is 4.96. The molecule has 25 heavy (non-hydrogen) atoms. The number of benzene rings is 2. The standard InChI is InChI=1S/C21H22N2O2/c1-2-16-8-10-18(11-9-16)21(25)22-19-14-20(24)23(15-19)13-12-17-6-4-3-5-7-17/h2-11,19H,1,12-15H2,(H,22,25)/t19-/m0/s1. The molecule has 2 amide bonds. The van der Waals surface area contributed by atoms with E-state index in [9.17, 15) is 9.59 Å². The molecule has 1 atom stereocenters. The van der Waals surface area contributed by atoms with Crippen molar-refractivity contribution in [3.8, 4) is 0 Å². The molecule has 1 fully saturated rings. The lowest BCUT2D eigenvalue weighted by molar-refractivity contribution is -0.127. The summed E-state index contributed by atoms with van der Waals surface area (Å²) in [6.07, 6.45) is 2.93. The zero-order valence-electron chi connectivity index (χ0n) is 14.2. The monoisotopic (exact) mass is 334 g/mol. The minimum absolute atomic E-state index is 0.100. The first kappa shape index (κ1) is 17.0. The number of rotatable bonds is 6. The van der Waals surface area contributed by atoms with Crippen molar-refractivity contribution in [1.82, 2.24) is 10.2 Å². The average Bonchev–Trinajstić information content (AvgIpc) is 3.00. The predicted molar refractivity (Wildman–Crippen MR) is 99.1 cm³/mol. The molecule has 0 spiro atoms. The number of carbonyl (C=O) groups is 2. The maximum atomic E-state index is 12.3. The Morgan fingerprint density at radius 1 is 1.16 bits per heavy atom. The van der Waals surface area contributed by atoms with Crippen LogP contribution in [-0.2, 0) is 11.2 Å². The number of nitrogens with zero attached hydrogens (tertiary/aromatic N) is 1. The summed E-state index contributed by atoms with van der Waals surface area (Å²) in [5.74, 6) is -0.0402. The van der Waals surface area contributed by atoms with Gasteiger partial charge in [0.05, 0.1) is 6.04 Å². The fraction of sp³-hybridized carbons (Fsp3) is 0.238. The van der Waals surface area contributed by atoms with E-state index < -0.39 is 0 Å². The van der Waals surface area contributed by atoms with Gasteiger partial charge in [-0.1, -0.05) is 55.1 Å². The van der Waals surface area contributed by atoms with Crippen LogP contribution in [0.2, 0.25) is 0 Å². The van der Waals surface area contributed by atoms with E-state index in [0.717, 1.165) is 12.0 Å². The first-order valence-electron chi connectivity index (χ1n) is 8.51. The van der Waals surface area contributed by atoms with Gasteiger partial charge in [0.15, 0.2) is 0 Å². The lowest BCUT2D eigenvalue weighted by Gasteiger charge is -2.17. The molecule has 0 bridgehead atoms. The van der Waals surface area contributed by atoms with Crippen LogP contribution < -0.4 is 5.32 Å². The molecule has 4 nitrogen and oxygen atoms in total. The molecule has 2 aromatic rings. The maximum Gasteiger partial charge on any atom is 0.251 e. The second kappa shape index (κ2) is 7.79. The van der Waals surface area contributed by atoms with Crippen LogP contribution in [0.1, 0.15) is 27.9 Å². The van der Waals surface area contributed by atoms with Crippen molar-refractivity contribution in [3.05, 3.63) is 77.9 Å². The third-order valence-electron chi connectivity index (χ3n) is 4.47. The van der Waals surface area contributed by atoms with Gasteiger partial charge in [0.25, 0.3) is 5.91 Å². The Morgan fingerprint density at radius 3 is 2.56 bits per heavy atom. The van der Waals surface area contributed by atoms with E-state index in [1.165, 1.54) is 5.56 Å². The first-order chi connectivity index (χ1) is 12.2. The zero-order valence-corrected chi connectivity index (χ0v) is 14.2. The van der Waals surface area contributed by atoms with Gasteiger partial charge in [0, 0.05) is 25.1 Å². The smallest absolute Gasteiger partial charge is 0.251 e. The van der Waals surface area contributed by atoms with Gasteiger partial charge >= 0.3 is 0 Å². The maximum absolute atomic E-state index is 12.3. The molecule has 1 N–H and O–H groups in total. The molecule has 3 rings (SSSR count). The first-order valence-corrected chi connectivity index (χ1v) is 8.51. The summed E-state index contributed by atoms with van der Waals surface area (Å²) < 4.78 is 0. The van der Waals surface area contributed by atoms with E-state index in [0.29, 0.717) is 25.1 Å². The van der Waals surface area contributed by atoms with Gasteiger partial charge in [-0.05, 0) is 29.7 Å². The molecular weight excluding hydrogens is 312 g/mol. The van der Waals surface area contributed by atoms with Crippen LogP contribution in [0.25, 0.3) is 6.08 Å². The molecule has 4 heteroatoms. The highest BCUT2D eigenvalue weighted by molar-refractivity contribution is 5.95. The van der Waals surface area contributed by atoms with Crippen molar-refractivity contribution < 1.29 is 9.59 Å². The van der Waals surface area contributed by atoms with E-state index >= 15 is 0 Å². The van der Waals surface area contributed by atoms with Gasteiger partial charge < -0.3 is 10.2 Å². The summed E-state index contributed by atoms with van der Waals surface area (Å²) >= 11 is 0. The Balaban J connectivity index is 1.53. The SMILES string of the molecule is C=Cc1ccc(C(=O)N[C@H]2CC(=O)N(CCc3ccccc3)C2)cc1. The fourth-order valence-corrected chi connectivity index (χ4v) is 3.03. The van der Waals surface area contributed by atoms with Crippen LogP contribution in [0.15, 0.2) is 61.2 Å². The van der Waals surface area contributed by atoms with Crippen molar-refractivity contribution in [2.45, 2.75) is 18.9 Å². The molecular formula is C21H22N2O2. The number of amides is 2. The number of likely N-dealkylation sites (tertiary alicyclic amines) is 1. The number of hydrogen-bond acceptors (Lipinski definition) is 2. The summed E-state index contributed by atoms with van der Waals surface area (Å²) in [4.78, 5) is 26.3. The fourth-order valence-electron chi connectivity index (χ4n) is 3.03. The van der Waals surface area contributed by atoms with Gasteiger partial charge in [-0.25, -0.2) is 0 Å². The molecule has 0 radical (unpaired) electrons. The average molecular weight is 334 g/mol. The molecule has 0 unspecified atom stereocenters. The lowest BCUT2D eigenvalue weighted by Crippen LogP contribution is -2.37. The van der Waals surface area contributed by atoms with E-state index in [2.05, 4.69) is 24.0 Å². The van der Waals surface area contributed by atoms with Gasteiger partial charge in [0.2, 0.25) is 5.91 Å². The summed E-state index contributed by atoms with van der Waals surface area (Å²) in [7, 11) is 0. The predicted octanol–water partition coefficient (Wildman–Crippen LogP) is 2.90. The number of nitrogens with one attached hydrogen (secondary N) is 1. The normalized spacial score (nSPS) is 16.7. The van der Waals surface area contributed by atoms with Gasteiger partial charge in [-0.2, -0.15) is 0 Å². The molecule has 0 saturated carbocycles. The lowest BCUT2D eigenvalue weighted by atomic mass is 10.1. The number of hydrogen-bond donors (Lipinski definition) is 1. The molecule has 1 saturated heterocycles. The largest absolute Gasteiger partial charge is 0.347 e. The minimum Gasteiger partial charge on any atom is -0.347 e. The summed E-state index contributed by atoms with van der Waals surface area (Å²) in [5.41, 5.74) is 2.78. The summed E-state index contributed by atoms with van der Waals surface area (Å²) in [6, 6.07) is 17.2. The highest BCUT2D eigenvalue weighted by atomic mass is 16.2. The second-order valence-corrected chi connectivity index (χ2v) is 6.28. The molecule has 128 valence electrons.